The second-order valence-electron chi connectivity index (χ2n) is 6.00. The Bertz CT molecular complexity index is 342. The molecule has 0 aliphatic carbocycles. The monoisotopic (exact) mass is 252 g/mol. The maximum Gasteiger partial charge on any atom is 0.0639 e. The molecule has 0 spiro atoms. The number of ether oxygens (including phenoxy) is 1. The molecule has 1 aromatic rings. The van der Waals surface area contributed by atoms with Gasteiger partial charge in [0.05, 0.1) is 5.60 Å². The average Bonchev–Trinajstić information content (AvgIpc) is 2.74. The fourth-order valence-electron chi connectivity index (χ4n) is 1.74. The van der Waals surface area contributed by atoms with Gasteiger partial charge in [0.25, 0.3) is 0 Å². The summed E-state index contributed by atoms with van der Waals surface area (Å²) in [6, 6.07) is 2.19. The molecule has 0 radical (unpaired) electrons. The molecule has 1 heterocycles. The third kappa shape index (κ3) is 5.69. The van der Waals surface area contributed by atoms with Gasteiger partial charge in [-0.25, -0.2) is 0 Å². The molecule has 0 atom stereocenters. The normalized spacial score (nSPS) is 12.3. The number of hydrogen-bond acceptors (Lipinski definition) is 2. The molecule has 0 amide bonds. The molecule has 0 saturated carbocycles. The van der Waals surface area contributed by atoms with E-state index in [2.05, 4.69) is 56.0 Å². The van der Waals surface area contributed by atoms with Gasteiger partial charge in [-0.15, -0.1) is 0 Å². The van der Waals surface area contributed by atoms with Crippen molar-refractivity contribution in [3.63, 3.8) is 0 Å². The number of methoxy groups -OCH3 is 1. The van der Waals surface area contributed by atoms with E-state index in [0.29, 0.717) is 5.92 Å². The minimum Gasteiger partial charge on any atom is -0.379 e. The predicted molar refractivity (Wildman–Crippen MR) is 76.7 cm³/mol. The lowest BCUT2D eigenvalue weighted by Crippen LogP contribution is -2.24. The Morgan fingerprint density at radius 1 is 1.39 bits per heavy atom. The van der Waals surface area contributed by atoms with Crippen LogP contribution >= 0.6 is 0 Å². The van der Waals surface area contributed by atoms with Crippen molar-refractivity contribution in [3.8, 4) is 0 Å². The Hall–Kier alpha value is -0.800. The second-order valence-corrected chi connectivity index (χ2v) is 6.00. The van der Waals surface area contributed by atoms with Crippen LogP contribution in [0.4, 0.5) is 0 Å². The van der Waals surface area contributed by atoms with Gasteiger partial charge in [-0.2, -0.15) is 0 Å². The van der Waals surface area contributed by atoms with Crippen LogP contribution in [0.15, 0.2) is 18.5 Å². The topological polar surface area (TPSA) is 26.2 Å². The van der Waals surface area contributed by atoms with Crippen molar-refractivity contribution in [2.45, 2.75) is 52.8 Å². The van der Waals surface area contributed by atoms with Gasteiger partial charge in [0, 0.05) is 32.6 Å². The second kappa shape index (κ2) is 6.95. The highest BCUT2D eigenvalue weighted by Gasteiger charge is 2.15. The first kappa shape index (κ1) is 15.3. The minimum atomic E-state index is -0.0413. The smallest absolute Gasteiger partial charge is 0.0639 e. The molecule has 1 rings (SSSR count). The lowest BCUT2D eigenvalue weighted by Gasteiger charge is -2.22. The first-order chi connectivity index (χ1) is 8.43. The lowest BCUT2D eigenvalue weighted by atomic mass is 10.1. The molecule has 0 saturated heterocycles. The van der Waals surface area contributed by atoms with E-state index in [4.69, 9.17) is 4.74 Å². The Morgan fingerprint density at radius 2 is 2.11 bits per heavy atom. The summed E-state index contributed by atoms with van der Waals surface area (Å²) >= 11 is 0. The number of aromatic nitrogens is 1. The highest BCUT2D eigenvalue weighted by Crippen LogP contribution is 2.14. The summed E-state index contributed by atoms with van der Waals surface area (Å²) < 4.78 is 7.67. The van der Waals surface area contributed by atoms with E-state index in [9.17, 15) is 0 Å². The number of hydrogen-bond donors (Lipinski definition) is 1. The van der Waals surface area contributed by atoms with E-state index in [-0.39, 0.29) is 5.60 Å². The number of nitrogens with zero attached hydrogens (tertiary/aromatic N) is 1. The summed E-state index contributed by atoms with van der Waals surface area (Å²) in [5.74, 6) is 0.703. The molecule has 3 nitrogen and oxygen atoms in total. The minimum absolute atomic E-state index is 0.0413. The average molecular weight is 252 g/mol. The molecule has 0 unspecified atom stereocenters. The van der Waals surface area contributed by atoms with Crippen molar-refractivity contribution in [1.29, 1.82) is 0 Å². The van der Waals surface area contributed by atoms with Crippen molar-refractivity contribution in [2.24, 2.45) is 5.92 Å². The van der Waals surface area contributed by atoms with Gasteiger partial charge in [-0.3, -0.25) is 0 Å². The molecule has 0 aliphatic rings. The van der Waals surface area contributed by atoms with Crippen molar-refractivity contribution in [2.75, 3.05) is 13.7 Å². The zero-order chi connectivity index (χ0) is 13.6. The summed E-state index contributed by atoms with van der Waals surface area (Å²) in [6.07, 6.45) is 5.40. The van der Waals surface area contributed by atoms with Crippen LogP contribution in [0, 0.1) is 5.92 Å². The molecule has 0 aromatic carbocycles. The Labute approximate surface area is 112 Å². The van der Waals surface area contributed by atoms with Crippen molar-refractivity contribution >= 4 is 0 Å². The molecular weight excluding hydrogens is 224 g/mol. The summed E-state index contributed by atoms with van der Waals surface area (Å²) in [6.45, 7) is 11.7. The van der Waals surface area contributed by atoms with Gasteiger partial charge in [0.2, 0.25) is 0 Å². The van der Waals surface area contributed by atoms with Crippen LogP contribution in [0.2, 0.25) is 0 Å². The summed E-state index contributed by atoms with van der Waals surface area (Å²) in [4.78, 5) is 0. The molecule has 0 bridgehead atoms. The standard InChI is InChI=1S/C15H28N2O/c1-13(2)10-16-11-14-6-8-17(12-14)9-7-15(3,4)18-5/h6,8,12-13,16H,7,9-11H2,1-5H3. The van der Waals surface area contributed by atoms with Gasteiger partial charge in [-0.05, 0) is 44.4 Å². The third-order valence-corrected chi connectivity index (χ3v) is 3.22. The van der Waals surface area contributed by atoms with E-state index in [0.717, 1.165) is 26.1 Å². The van der Waals surface area contributed by atoms with Gasteiger partial charge < -0.3 is 14.6 Å². The summed E-state index contributed by atoms with van der Waals surface area (Å²) in [5, 5.41) is 3.46. The van der Waals surface area contributed by atoms with Crippen LogP contribution in [0.25, 0.3) is 0 Å². The molecule has 0 fully saturated rings. The quantitative estimate of drug-likeness (QED) is 0.769. The SMILES string of the molecule is COC(C)(C)CCn1ccc(CNCC(C)C)c1. The largest absolute Gasteiger partial charge is 0.379 e. The molecule has 0 aliphatic heterocycles. The first-order valence-electron chi connectivity index (χ1n) is 6.83. The van der Waals surface area contributed by atoms with E-state index in [1.54, 1.807) is 7.11 Å². The van der Waals surface area contributed by atoms with Crippen LogP contribution in [-0.2, 0) is 17.8 Å². The fourth-order valence-corrected chi connectivity index (χ4v) is 1.74. The maximum atomic E-state index is 5.43. The number of nitrogens with one attached hydrogen (secondary N) is 1. The highest BCUT2D eigenvalue weighted by atomic mass is 16.5. The summed E-state index contributed by atoms with van der Waals surface area (Å²) in [7, 11) is 1.77. The van der Waals surface area contributed by atoms with Crippen LogP contribution in [0.1, 0.15) is 39.7 Å². The van der Waals surface area contributed by atoms with Crippen molar-refractivity contribution in [3.05, 3.63) is 24.0 Å². The van der Waals surface area contributed by atoms with Crippen LogP contribution in [0.3, 0.4) is 0 Å². The molecular formula is C15H28N2O. The van der Waals surface area contributed by atoms with Crippen LogP contribution in [-0.4, -0.2) is 23.8 Å². The number of rotatable bonds is 8. The van der Waals surface area contributed by atoms with Crippen LogP contribution in [0.5, 0.6) is 0 Å². The fraction of sp³-hybridized carbons (Fsp3) is 0.733. The van der Waals surface area contributed by atoms with E-state index >= 15 is 0 Å². The van der Waals surface area contributed by atoms with Gasteiger partial charge in [-0.1, -0.05) is 13.8 Å². The molecule has 1 aromatic heterocycles. The van der Waals surface area contributed by atoms with Crippen molar-refractivity contribution < 1.29 is 4.74 Å². The number of aryl methyl sites for hydroxylation is 1. The molecule has 1 N–H and O–H groups in total. The van der Waals surface area contributed by atoms with Crippen molar-refractivity contribution in [1.82, 2.24) is 9.88 Å². The zero-order valence-corrected chi connectivity index (χ0v) is 12.5. The maximum absolute atomic E-state index is 5.43. The lowest BCUT2D eigenvalue weighted by molar-refractivity contribution is 0.0120. The van der Waals surface area contributed by atoms with E-state index < -0.39 is 0 Å². The summed E-state index contributed by atoms with van der Waals surface area (Å²) in [5.41, 5.74) is 1.31. The Morgan fingerprint density at radius 3 is 2.72 bits per heavy atom. The van der Waals surface area contributed by atoms with Crippen LogP contribution < -0.4 is 5.32 Å². The molecule has 18 heavy (non-hydrogen) atoms. The highest BCUT2D eigenvalue weighted by molar-refractivity contribution is 5.09. The van der Waals surface area contributed by atoms with Gasteiger partial charge >= 0.3 is 0 Å². The molecule has 104 valence electrons. The third-order valence-electron chi connectivity index (χ3n) is 3.22. The molecule has 3 heteroatoms. The Balaban J connectivity index is 2.34. The Kier molecular flexibility index (Phi) is 5.89. The zero-order valence-electron chi connectivity index (χ0n) is 12.5. The van der Waals surface area contributed by atoms with E-state index in [1.807, 2.05) is 0 Å². The van der Waals surface area contributed by atoms with Gasteiger partial charge in [0.1, 0.15) is 0 Å². The van der Waals surface area contributed by atoms with Gasteiger partial charge in [0.15, 0.2) is 0 Å². The predicted octanol–water partition coefficient (Wildman–Crippen LogP) is 3.05. The first-order valence-corrected chi connectivity index (χ1v) is 6.83. The van der Waals surface area contributed by atoms with E-state index in [1.165, 1.54) is 5.56 Å².